The molecule has 0 bridgehead atoms. The quantitative estimate of drug-likeness (QED) is 0.233. The Morgan fingerprint density at radius 2 is 1.41 bits per heavy atom. The first kappa shape index (κ1) is 21.4. The van der Waals surface area contributed by atoms with Crippen molar-refractivity contribution < 1.29 is 4.74 Å². The van der Waals surface area contributed by atoms with Gasteiger partial charge in [-0.3, -0.25) is 4.98 Å². The summed E-state index contributed by atoms with van der Waals surface area (Å²) in [4.78, 5) is 7.88. The van der Waals surface area contributed by atoms with Crippen molar-refractivity contribution in [1.82, 2.24) is 9.55 Å². The predicted octanol–water partition coefficient (Wildman–Crippen LogP) is 8.83. The average molecular weight is 478 g/mol. The molecule has 2 aromatic heterocycles. The molecule has 1 aliphatic rings. The van der Waals surface area contributed by atoms with Crippen molar-refractivity contribution in [2.75, 3.05) is 0 Å². The largest absolute Gasteiger partial charge is 0.457 e. The van der Waals surface area contributed by atoms with Gasteiger partial charge in [-0.1, -0.05) is 50.2 Å². The van der Waals surface area contributed by atoms with Crippen LogP contribution >= 0.6 is 0 Å². The number of benzene rings is 4. The van der Waals surface area contributed by atoms with Gasteiger partial charge in [0.15, 0.2) is 5.69 Å². The Balaban J connectivity index is 1.43. The highest BCUT2D eigenvalue weighted by Crippen LogP contribution is 2.49. The van der Waals surface area contributed by atoms with E-state index in [1.165, 1.54) is 11.1 Å². The Hall–Kier alpha value is -4.88. The molecule has 0 fully saturated rings. The molecule has 0 atom stereocenters. The maximum absolute atomic E-state index is 7.55. The lowest BCUT2D eigenvalue weighted by molar-refractivity contribution is 0.418. The van der Waals surface area contributed by atoms with E-state index in [-0.39, 0.29) is 5.41 Å². The van der Waals surface area contributed by atoms with Crippen LogP contribution in [0.25, 0.3) is 43.5 Å². The summed E-state index contributed by atoms with van der Waals surface area (Å²) < 4.78 is 8.51. The van der Waals surface area contributed by atoms with E-state index in [4.69, 9.17) is 11.3 Å². The number of pyridine rings is 1. The maximum atomic E-state index is 7.55. The molecule has 176 valence electrons. The fourth-order valence-corrected chi connectivity index (χ4v) is 5.65. The second-order valence-electron chi connectivity index (χ2n) is 10.0. The summed E-state index contributed by atoms with van der Waals surface area (Å²) in [6.07, 6.45) is 3.62. The summed E-state index contributed by atoms with van der Waals surface area (Å²) in [6, 6.07) is 31.3. The molecular weight excluding hydrogens is 454 g/mol. The average Bonchev–Trinajstić information content (AvgIpc) is 3.26. The van der Waals surface area contributed by atoms with Gasteiger partial charge in [-0.2, -0.15) is 0 Å². The molecule has 6 aromatic rings. The normalized spacial score (nSPS) is 13.5. The highest BCUT2D eigenvalue weighted by Gasteiger charge is 2.34. The van der Waals surface area contributed by atoms with Crippen molar-refractivity contribution in [1.29, 1.82) is 0 Å². The number of nitrogens with zero attached hydrogens (tertiary/aromatic N) is 3. The Kier molecular flexibility index (Phi) is 4.52. The molecule has 0 saturated heterocycles. The van der Waals surface area contributed by atoms with E-state index < -0.39 is 0 Å². The van der Waals surface area contributed by atoms with E-state index in [9.17, 15) is 0 Å². The molecule has 0 N–H and O–H groups in total. The molecule has 4 aromatic carbocycles. The lowest BCUT2D eigenvalue weighted by Gasteiger charge is -2.34. The molecule has 0 saturated carbocycles. The zero-order chi connectivity index (χ0) is 25.1. The number of rotatable bonds is 2. The number of fused-ring (bicyclic) bond motifs is 5. The van der Waals surface area contributed by atoms with Gasteiger partial charge in [0, 0.05) is 40.0 Å². The minimum atomic E-state index is -0.174. The fraction of sp³-hybridized carbons (Fsp3) is 0.0909. The number of ether oxygens (including phenoxy) is 1. The number of hydrogen-bond donors (Lipinski definition) is 0. The molecular formula is C33H23N3O. The summed E-state index contributed by atoms with van der Waals surface area (Å²) >= 11 is 0. The van der Waals surface area contributed by atoms with Crippen molar-refractivity contribution >= 4 is 27.5 Å². The second kappa shape index (κ2) is 7.81. The van der Waals surface area contributed by atoms with Gasteiger partial charge < -0.3 is 9.30 Å². The predicted molar refractivity (Wildman–Crippen MR) is 149 cm³/mol. The molecule has 3 heterocycles. The third-order valence-corrected chi connectivity index (χ3v) is 7.57. The van der Waals surface area contributed by atoms with Gasteiger partial charge in [-0.15, -0.1) is 0 Å². The van der Waals surface area contributed by atoms with E-state index in [2.05, 4.69) is 76.8 Å². The van der Waals surface area contributed by atoms with Gasteiger partial charge in [0.1, 0.15) is 11.5 Å². The summed E-state index contributed by atoms with van der Waals surface area (Å²) in [5.74, 6) is 1.83. The molecule has 1 aliphatic heterocycles. The van der Waals surface area contributed by atoms with Crippen LogP contribution in [0.4, 0.5) is 5.69 Å². The third kappa shape index (κ3) is 3.18. The summed E-state index contributed by atoms with van der Waals surface area (Å²) in [7, 11) is 0. The number of aromatic nitrogens is 2. The maximum Gasteiger partial charge on any atom is 0.188 e. The molecule has 4 nitrogen and oxygen atoms in total. The zero-order valence-electron chi connectivity index (χ0n) is 20.6. The number of para-hydroxylation sites is 1. The first-order chi connectivity index (χ1) is 18.0. The molecule has 4 heteroatoms. The minimum Gasteiger partial charge on any atom is -0.457 e. The van der Waals surface area contributed by atoms with E-state index in [1.807, 2.05) is 54.9 Å². The van der Waals surface area contributed by atoms with Crippen LogP contribution in [-0.4, -0.2) is 9.55 Å². The van der Waals surface area contributed by atoms with Crippen LogP contribution in [0.1, 0.15) is 25.0 Å². The van der Waals surface area contributed by atoms with Crippen molar-refractivity contribution in [2.45, 2.75) is 19.3 Å². The third-order valence-electron chi connectivity index (χ3n) is 7.57. The minimum absolute atomic E-state index is 0.174. The van der Waals surface area contributed by atoms with Crippen LogP contribution in [0.3, 0.4) is 0 Å². The molecule has 0 amide bonds. The van der Waals surface area contributed by atoms with E-state index in [0.29, 0.717) is 5.69 Å². The van der Waals surface area contributed by atoms with Crippen LogP contribution in [0.15, 0.2) is 103 Å². The summed E-state index contributed by atoms with van der Waals surface area (Å²) in [6.45, 7) is 12.1. The lowest BCUT2D eigenvalue weighted by Crippen LogP contribution is -2.24. The molecule has 7 rings (SSSR count). The van der Waals surface area contributed by atoms with Gasteiger partial charge >= 0.3 is 0 Å². The lowest BCUT2D eigenvalue weighted by atomic mass is 9.75. The summed E-state index contributed by atoms with van der Waals surface area (Å²) in [5.41, 5.74) is 8.33. The van der Waals surface area contributed by atoms with Gasteiger partial charge in [0.05, 0.1) is 17.6 Å². The highest BCUT2D eigenvalue weighted by molar-refractivity contribution is 6.11. The first-order valence-electron chi connectivity index (χ1n) is 12.3. The smallest absolute Gasteiger partial charge is 0.188 e. The Morgan fingerprint density at radius 3 is 2.22 bits per heavy atom. The van der Waals surface area contributed by atoms with E-state index >= 15 is 0 Å². The zero-order valence-corrected chi connectivity index (χ0v) is 20.6. The van der Waals surface area contributed by atoms with Crippen molar-refractivity contribution in [2.24, 2.45) is 0 Å². The standard InChI is InChI=1S/C33H23N3O/c1-33(2)27-6-4-5-7-31(27)37-32-13-9-22(19-28(32)33)21-8-11-29-25(18-21)26-20-23(34-3)10-12-30(26)36(29)24-14-16-35-17-15-24/h4-20H,1-2H3. The monoisotopic (exact) mass is 477 g/mol. The van der Waals surface area contributed by atoms with Crippen LogP contribution < -0.4 is 4.74 Å². The molecule has 0 unspecified atom stereocenters. The van der Waals surface area contributed by atoms with E-state index in [0.717, 1.165) is 50.1 Å². The molecule has 0 radical (unpaired) electrons. The highest BCUT2D eigenvalue weighted by atomic mass is 16.5. The molecule has 37 heavy (non-hydrogen) atoms. The van der Waals surface area contributed by atoms with Crippen molar-refractivity contribution in [3.05, 3.63) is 126 Å². The second-order valence-corrected chi connectivity index (χ2v) is 10.0. The van der Waals surface area contributed by atoms with Gasteiger partial charge in [-0.25, -0.2) is 4.85 Å². The Bertz CT molecular complexity index is 1890. The van der Waals surface area contributed by atoms with E-state index in [1.54, 1.807) is 0 Å². The van der Waals surface area contributed by atoms with Crippen molar-refractivity contribution in [3.8, 4) is 28.3 Å². The topological polar surface area (TPSA) is 31.4 Å². The van der Waals surface area contributed by atoms with Crippen LogP contribution in [0.2, 0.25) is 0 Å². The van der Waals surface area contributed by atoms with Crippen molar-refractivity contribution in [3.63, 3.8) is 0 Å². The summed E-state index contributed by atoms with van der Waals surface area (Å²) in [5, 5.41) is 2.19. The molecule has 0 aliphatic carbocycles. The van der Waals surface area contributed by atoms with Crippen LogP contribution in [0.5, 0.6) is 11.5 Å². The van der Waals surface area contributed by atoms with Crippen LogP contribution in [-0.2, 0) is 5.41 Å². The van der Waals surface area contributed by atoms with Crippen LogP contribution in [0, 0.1) is 6.57 Å². The van der Waals surface area contributed by atoms with Gasteiger partial charge in [0.2, 0.25) is 0 Å². The first-order valence-corrected chi connectivity index (χ1v) is 12.3. The number of hydrogen-bond acceptors (Lipinski definition) is 2. The Labute approximate surface area is 215 Å². The van der Waals surface area contributed by atoms with Gasteiger partial charge in [-0.05, 0) is 71.1 Å². The fourth-order valence-electron chi connectivity index (χ4n) is 5.65. The Morgan fingerprint density at radius 1 is 0.730 bits per heavy atom. The molecule has 0 spiro atoms. The van der Waals surface area contributed by atoms with Gasteiger partial charge in [0.25, 0.3) is 0 Å². The SMILES string of the molecule is [C-]#[N+]c1ccc2c(c1)c1cc(-c3ccc4c(c3)C(C)(C)c3ccccc3O4)ccc1n2-c1ccncc1.